The molecular formula is C10H19NO4. The maximum Gasteiger partial charge on any atom is 0.333 e. The van der Waals surface area contributed by atoms with Gasteiger partial charge >= 0.3 is 5.97 Å². The Morgan fingerprint density at radius 3 is 2.80 bits per heavy atom. The van der Waals surface area contributed by atoms with E-state index < -0.39 is 12.1 Å². The van der Waals surface area contributed by atoms with Crippen molar-refractivity contribution in [2.24, 2.45) is 0 Å². The fourth-order valence-electron chi connectivity index (χ4n) is 0.827. The first-order chi connectivity index (χ1) is 7.07. The fourth-order valence-corrected chi connectivity index (χ4v) is 0.827. The number of aliphatic hydroxyl groups excluding tert-OH is 2. The minimum atomic E-state index is -0.730. The third kappa shape index (κ3) is 8.11. The third-order valence-corrected chi connectivity index (χ3v) is 1.65. The maximum atomic E-state index is 10.9. The Morgan fingerprint density at radius 2 is 2.27 bits per heavy atom. The monoisotopic (exact) mass is 217 g/mol. The maximum absolute atomic E-state index is 10.9. The minimum absolute atomic E-state index is 0.0438. The number of carbonyl (C=O) groups is 1. The van der Waals surface area contributed by atoms with E-state index in [1.807, 2.05) is 0 Å². The molecule has 0 aromatic rings. The molecule has 0 aromatic heterocycles. The van der Waals surface area contributed by atoms with Crippen molar-refractivity contribution in [3.63, 3.8) is 0 Å². The standard InChI is InChI=1S/C10H19NO4/c1-8(2)10(14)15-7-9(13)6-11-4-3-5-12/h9,11-13H,1,3-7H2,2H3. The van der Waals surface area contributed by atoms with Crippen molar-refractivity contribution in [2.75, 3.05) is 26.3 Å². The van der Waals surface area contributed by atoms with E-state index in [4.69, 9.17) is 9.84 Å². The predicted molar refractivity (Wildman–Crippen MR) is 56.4 cm³/mol. The number of hydrogen-bond donors (Lipinski definition) is 3. The van der Waals surface area contributed by atoms with E-state index >= 15 is 0 Å². The molecule has 0 bridgehead atoms. The summed E-state index contributed by atoms with van der Waals surface area (Å²) in [6.07, 6.45) is -0.0925. The van der Waals surface area contributed by atoms with Gasteiger partial charge in [-0.3, -0.25) is 0 Å². The smallest absolute Gasteiger partial charge is 0.333 e. The van der Waals surface area contributed by atoms with Crippen LogP contribution in [0.3, 0.4) is 0 Å². The molecule has 0 spiro atoms. The van der Waals surface area contributed by atoms with E-state index in [-0.39, 0.29) is 13.2 Å². The van der Waals surface area contributed by atoms with Gasteiger partial charge in [-0.1, -0.05) is 6.58 Å². The van der Waals surface area contributed by atoms with Crippen molar-refractivity contribution in [3.8, 4) is 0 Å². The first-order valence-corrected chi connectivity index (χ1v) is 4.90. The lowest BCUT2D eigenvalue weighted by Gasteiger charge is -2.11. The average molecular weight is 217 g/mol. The number of nitrogens with one attached hydrogen (secondary N) is 1. The summed E-state index contributed by atoms with van der Waals surface area (Å²) in [6.45, 7) is 6.01. The average Bonchev–Trinajstić information content (AvgIpc) is 2.20. The van der Waals surface area contributed by atoms with Crippen molar-refractivity contribution in [1.82, 2.24) is 5.32 Å². The molecule has 5 nitrogen and oxygen atoms in total. The normalized spacial score (nSPS) is 12.2. The Labute approximate surface area is 89.7 Å². The predicted octanol–water partition coefficient (Wildman–Crippen LogP) is -0.561. The van der Waals surface area contributed by atoms with E-state index in [2.05, 4.69) is 11.9 Å². The first-order valence-electron chi connectivity index (χ1n) is 4.90. The zero-order valence-corrected chi connectivity index (χ0v) is 9.03. The second-order valence-corrected chi connectivity index (χ2v) is 3.31. The molecule has 0 aliphatic rings. The van der Waals surface area contributed by atoms with Crippen LogP contribution in [-0.2, 0) is 9.53 Å². The Kier molecular flexibility index (Phi) is 7.89. The molecule has 0 radical (unpaired) electrons. The summed E-state index contributed by atoms with van der Waals surface area (Å²) in [5, 5.41) is 20.7. The quantitative estimate of drug-likeness (QED) is 0.288. The van der Waals surface area contributed by atoms with Gasteiger partial charge in [0.25, 0.3) is 0 Å². The minimum Gasteiger partial charge on any atom is -0.460 e. The van der Waals surface area contributed by atoms with Gasteiger partial charge in [0.1, 0.15) is 12.7 Å². The van der Waals surface area contributed by atoms with Crippen molar-refractivity contribution in [2.45, 2.75) is 19.4 Å². The summed E-state index contributed by atoms with van der Waals surface area (Å²) in [6, 6.07) is 0. The highest BCUT2D eigenvalue weighted by Crippen LogP contribution is 1.93. The zero-order chi connectivity index (χ0) is 11.7. The van der Waals surface area contributed by atoms with Crippen LogP contribution in [0.2, 0.25) is 0 Å². The highest BCUT2D eigenvalue weighted by molar-refractivity contribution is 5.86. The van der Waals surface area contributed by atoms with Crippen molar-refractivity contribution in [3.05, 3.63) is 12.2 Å². The van der Waals surface area contributed by atoms with Crippen LogP contribution >= 0.6 is 0 Å². The van der Waals surface area contributed by atoms with Gasteiger partial charge in [0.05, 0.1) is 0 Å². The Bertz CT molecular complexity index is 206. The molecule has 1 unspecified atom stereocenters. The van der Waals surface area contributed by atoms with Crippen LogP contribution in [0.1, 0.15) is 13.3 Å². The van der Waals surface area contributed by atoms with Crippen molar-refractivity contribution < 1.29 is 19.7 Å². The Balaban J connectivity index is 3.44. The number of esters is 1. The van der Waals surface area contributed by atoms with E-state index in [0.717, 1.165) is 0 Å². The summed E-state index contributed by atoms with van der Waals surface area (Å²) in [4.78, 5) is 10.9. The van der Waals surface area contributed by atoms with Crippen LogP contribution in [0, 0.1) is 0 Å². The van der Waals surface area contributed by atoms with Crippen molar-refractivity contribution in [1.29, 1.82) is 0 Å². The second kappa shape index (κ2) is 8.40. The number of ether oxygens (including phenoxy) is 1. The van der Waals surface area contributed by atoms with Gasteiger partial charge in [-0.05, 0) is 19.9 Å². The van der Waals surface area contributed by atoms with Gasteiger partial charge in [-0.15, -0.1) is 0 Å². The van der Waals surface area contributed by atoms with Crippen LogP contribution < -0.4 is 5.32 Å². The lowest BCUT2D eigenvalue weighted by molar-refractivity contribution is -0.141. The summed E-state index contributed by atoms with van der Waals surface area (Å²) in [5.74, 6) is -0.496. The molecule has 0 amide bonds. The van der Waals surface area contributed by atoms with Crippen LogP contribution in [0.5, 0.6) is 0 Å². The summed E-state index contributed by atoms with van der Waals surface area (Å²) in [7, 11) is 0. The number of rotatable bonds is 8. The summed E-state index contributed by atoms with van der Waals surface area (Å²) in [5.41, 5.74) is 0.315. The van der Waals surface area contributed by atoms with Gasteiger partial charge < -0.3 is 20.3 Å². The molecule has 0 saturated carbocycles. The van der Waals surface area contributed by atoms with E-state index in [1.54, 1.807) is 6.92 Å². The molecule has 1 atom stereocenters. The molecule has 0 fully saturated rings. The van der Waals surface area contributed by atoms with Crippen LogP contribution in [-0.4, -0.2) is 48.6 Å². The molecule has 0 aromatic carbocycles. The molecule has 0 heterocycles. The van der Waals surface area contributed by atoms with Gasteiger partial charge in [-0.25, -0.2) is 4.79 Å². The Morgan fingerprint density at radius 1 is 1.60 bits per heavy atom. The molecule has 0 saturated heterocycles. The molecular weight excluding hydrogens is 198 g/mol. The molecule has 5 heteroatoms. The zero-order valence-electron chi connectivity index (χ0n) is 9.03. The van der Waals surface area contributed by atoms with Gasteiger partial charge in [0, 0.05) is 18.7 Å². The van der Waals surface area contributed by atoms with E-state index in [0.29, 0.717) is 25.1 Å². The van der Waals surface area contributed by atoms with E-state index in [9.17, 15) is 9.90 Å². The van der Waals surface area contributed by atoms with E-state index in [1.165, 1.54) is 0 Å². The highest BCUT2D eigenvalue weighted by Gasteiger charge is 2.08. The lowest BCUT2D eigenvalue weighted by Crippen LogP contribution is -2.32. The van der Waals surface area contributed by atoms with Crippen LogP contribution in [0.15, 0.2) is 12.2 Å². The highest BCUT2D eigenvalue weighted by atomic mass is 16.5. The molecule has 15 heavy (non-hydrogen) atoms. The van der Waals surface area contributed by atoms with Gasteiger partial charge in [-0.2, -0.15) is 0 Å². The topological polar surface area (TPSA) is 78.8 Å². The first kappa shape index (κ1) is 14.1. The lowest BCUT2D eigenvalue weighted by atomic mass is 10.3. The number of aliphatic hydroxyl groups is 2. The molecule has 0 aliphatic heterocycles. The number of carbonyl (C=O) groups excluding carboxylic acids is 1. The SMILES string of the molecule is C=C(C)C(=O)OCC(O)CNCCCO. The summed E-state index contributed by atoms with van der Waals surface area (Å²) >= 11 is 0. The molecule has 0 aliphatic carbocycles. The molecule has 88 valence electrons. The summed E-state index contributed by atoms with van der Waals surface area (Å²) < 4.78 is 4.74. The fraction of sp³-hybridized carbons (Fsp3) is 0.700. The van der Waals surface area contributed by atoms with Crippen LogP contribution in [0.4, 0.5) is 0 Å². The largest absolute Gasteiger partial charge is 0.460 e. The van der Waals surface area contributed by atoms with Gasteiger partial charge in [0.2, 0.25) is 0 Å². The van der Waals surface area contributed by atoms with Crippen LogP contribution in [0.25, 0.3) is 0 Å². The van der Waals surface area contributed by atoms with Gasteiger partial charge in [0.15, 0.2) is 0 Å². The third-order valence-electron chi connectivity index (χ3n) is 1.65. The Hall–Kier alpha value is -0.910. The van der Waals surface area contributed by atoms with Crippen molar-refractivity contribution >= 4 is 5.97 Å². The second-order valence-electron chi connectivity index (χ2n) is 3.31. The molecule has 0 rings (SSSR count). The molecule has 3 N–H and O–H groups in total. The number of hydrogen-bond acceptors (Lipinski definition) is 5.